The van der Waals surface area contributed by atoms with Gasteiger partial charge in [0.2, 0.25) is 0 Å². The Hall–Kier alpha value is -2.76. The summed E-state index contributed by atoms with van der Waals surface area (Å²) >= 11 is 0. The van der Waals surface area contributed by atoms with Crippen LogP contribution >= 0.6 is 0 Å². The van der Waals surface area contributed by atoms with Crippen LogP contribution in [0.1, 0.15) is 30.4 Å². The van der Waals surface area contributed by atoms with Crippen molar-refractivity contribution in [2.75, 3.05) is 11.4 Å². The van der Waals surface area contributed by atoms with Crippen LogP contribution in [0.4, 0.5) is 5.82 Å². The lowest BCUT2D eigenvalue weighted by Crippen LogP contribution is -2.35. The first-order valence-corrected chi connectivity index (χ1v) is 8.44. The summed E-state index contributed by atoms with van der Waals surface area (Å²) in [7, 11) is 0. The average molecular weight is 318 g/mol. The van der Waals surface area contributed by atoms with Gasteiger partial charge in [-0.15, -0.1) is 10.2 Å². The van der Waals surface area contributed by atoms with Gasteiger partial charge in [-0.25, -0.2) is 9.97 Å². The monoisotopic (exact) mass is 318 g/mol. The van der Waals surface area contributed by atoms with E-state index in [4.69, 9.17) is 4.98 Å². The number of rotatable bonds is 3. The van der Waals surface area contributed by atoms with Crippen LogP contribution in [0.2, 0.25) is 0 Å². The Kier molecular flexibility index (Phi) is 3.07. The summed E-state index contributed by atoms with van der Waals surface area (Å²) in [6.07, 6.45) is 4.35. The molecule has 6 heteroatoms. The van der Waals surface area contributed by atoms with Crippen LogP contribution in [0.25, 0.3) is 11.4 Å². The topological polar surface area (TPSA) is 59.7 Å². The molecule has 0 bridgehead atoms. The van der Waals surface area contributed by atoms with Crippen LogP contribution < -0.4 is 4.90 Å². The Labute approximate surface area is 140 Å². The van der Waals surface area contributed by atoms with E-state index >= 15 is 0 Å². The van der Waals surface area contributed by atoms with E-state index in [2.05, 4.69) is 24.6 Å². The summed E-state index contributed by atoms with van der Waals surface area (Å²) in [5.41, 5.74) is 1.04. The van der Waals surface area contributed by atoms with Gasteiger partial charge in [-0.3, -0.25) is 0 Å². The molecule has 1 aromatic carbocycles. The third-order valence-corrected chi connectivity index (χ3v) is 4.72. The second kappa shape index (κ2) is 5.40. The molecule has 0 atom stereocenters. The van der Waals surface area contributed by atoms with E-state index in [0.717, 1.165) is 42.7 Å². The van der Waals surface area contributed by atoms with Crippen LogP contribution in [0.3, 0.4) is 0 Å². The fraction of sp³-hybridized carbons (Fsp3) is 0.333. The second-order valence-electron chi connectivity index (χ2n) is 6.43. The molecule has 24 heavy (non-hydrogen) atoms. The summed E-state index contributed by atoms with van der Waals surface area (Å²) in [6.45, 7) is 2.61. The zero-order valence-corrected chi connectivity index (χ0v) is 13.3. The maximum Gasteiger partial charge on any atom is 0.161 e. The lowest BCUT2D eigenvalue weighted by Gasteiger charge is -2.28. The Morgan fingerprint density at radius 2 is 1.83 bits per heavy atom. The van der Waals surface area contributed by atoms with Crippen LogP contribution in [-0.4, -0.2) is 31.3 Å². The third kappa shape index (κ3) is 2.35. The fourth-order valence-corrected chi connectivity index (χ4v) is 3.27. The van der Waals surface area contributed by atoms with Crippen LogP contribution in [0.5, 0.6) is 0 Å². The van der Waals surface area contributed by atoms with Crippen molar-refractivity contribution in [1.82, 2.24) is 24.7 Å². The molecule has 0 radical (unpaired) electrons. The Morgan fingerprint density at radius 1 is 0.958 bits per heavy atom. The molecule has 1 aliphatic carbocycles. The minimum atomic E-state index is 0.640. The van der Waals surface area contributed by atoms with Crippen molar-refractivity contribution in [2.24, 2.45) is 0 Å². The minimum absolute atomic E-state index is 0.640. The Balaban J connectivity index is 1.43. The van der Waals surface area contributed by atoms with E-state index in [9.17, 15) is 0 Å². The largest absolute Gasteiger partial charge is 0.347 e. The van der Waals surface area contributed by atoms with Crippen molar-refractivity contribution < 1.29 is 0 Å². The molecule has 120 valence electrons. The normalized spacial score (nSPS) is 16.9. The molecule has 1 aliphatic heterocycles. The lowest BCUT2D eigenvalue weighted by molar-refractivity contribution is 0.540. The molecule has 0 amide bonds. The zero-order chi connectivity index (χ0) is 15.9. The summed E-state index contributed by atoms with van der Waals surface area (Å²) in [6, 6.07) is 12.1. The van der Waals surface area contributed by atoms with Gasteiger partial charge in [-0.05, 0) is 18.9 Å². The van der Waals surface area contributed by atoms with Gasteiger partial charge in [0.15, 0.2) is 11.6 Å². The Morgan fingerprint density at radius 3 is 2.67 bits per heavy atom. The molecular weight excluding hydrogens is 300 g/mol. The van der Waals surface area contributed by atoms with Crippen molar-refractivity contribution in [1.29, 1.82) is 0 Å². The van der Waals surface area contributed by atoms with Crippen molar-refractivity contribution in [3.8, 4) is 11.4 Å². The number of nitrogens with zero attached hydrogens (tertiary/aromatic N) is 6. The van der Waals surface area contributed by atoms with Gasteiger partial charge in [0.1, 0.15) is 11.6 Å². The van der Waals surface area contributed by atoms with Crippen molar-refractivity contribution in [2.45, 2.75) is 31.8 Å². The predicted molar refractivity (Wildman–Crippen MR) is 90.5 cm³/mol. The smallest absolute Gasteiger partial charge is 0.161 e. The fourth-order valence-electron chi connectivity index (χ4n) is 3.27. The van der Waals surface area contributed by atoms with Gasteiger partial charge < -0.3 is 9.47 Å². The third-order valence-electron chi connectivity index (χ3n) is 4.72. The van der Waals surface area contributed by atoms with E-state index in [1.54, 1.807) is 0 Å². The summed E-state index contributed by atoms with van der Waals surface area (Å²) in [5.74, 6) is 4.58. The van der Waals surface area contributed by atoms with E-state index in [0.29, 0.717) is 5.92 Å². The highest BCUT2D eigenvalue weighted by Crippen LogP contribution is 2.39. The highest BCUT2D eigenvalue weighted by molar-refractivity contribution is 5.57. The second-order valence-corrected chi connectivity index (χ2v) is 6.43. The van der Waals surface area contributed by atoms with Gasteiger partial charge in [0, 0.05) is 30.8 Å². The quantitative estimate of drug-likeness (QED) is 0.743. The van der Waals surface area contributed by atoms with Crippen LogP contribution in [-0.2, 0) is 13.1 Å². The summed E-state index contributed by atoms with van der Waals surface area (Å²) < 4.78 is 2.30. The Bertz CT molecular complexity index is 868. The lowest BCUT2D eigenvalue weighted by atomic mass is 10.2. The van der Waals surface area contributed by atoms with E-state index < -0.39 is 0 Å². The number of benzene rings is 1. The van der Waals surface area contributed by atoms with Gasteiger partial charge in [0.05, 0.1) is 6.54 Å². The molecule has 2 aromatic heterocycles. The van der Waals surface area contributed by atoms with Gasteiger partial charge in [-0.1, -0.05) is 30.3 Å². The molecule has 5 rings (SSSR count). The van der Waals surface area contributed by atoms with E-state index in [1.165, 1.54) is 18.7 Å². The zero-order valence-electron chi connectivity index (χ0n) is 13.3. The molecule has 1 fully saturated rings. The number of hydrogen-bond acceptors (Lipinski definition) is 5. The molecule has 2 aliphatic rings. The first kappa shape index (κ1) is 13.7. The maximum atomic E-state index is 4.75. The van der Waals surface area contributed by atoms with E-state index in [-0.39, 0.29) is 0 Å². The number of fused-ring (bicyclic) bond motifs is 1. The minimum Gasteiger partial charge on any atom is -0.347 e. The van der Waals surface area contributed by atoms with Crippen LogP contribution in [0.15, 0.2) is 42.6 Å². The van der Waals surface area contributed by atoms with Gasteiger partial charge in [-0.2, -0.15) is 0 Å². The molecule has 0 unspecified atom stereocenters. The molecule has 0 spiro atoms. The number of anilines is 1. The van der Waals surface area contributed by atoms with Crippen LogP contribution in [0, 0.1) is 0 Å². The van der Waals surface area contributed by atoms with Crippen molar-refractivity contribution >= 4 is 5.82 Å². The highest BCUT2D eigenvalue weighted by Gasteiger charge is 2.32. The SMILES string of the molecule is c1ccc(-c2nccc(N3CCn4c(nnc4C4CC4)C3)n2)cc1. The molecule has 3 heterocycles. The maximum absolute atomic E-state index is 4.75. The summed E-state index contributed by atoms with van der Waals surface area (Å²) in [5, 5.41) is 8.81. The van der Waals surface area contributed by atoms with Gasteiger partial charge >= 0.3 is 0 Å². The number of aromatic nitrogens is 5. The molecule has 0 N–H and O–H groups in total. The predicted octanol–water partition coefficient (Wildman–Crippen LogP) is 2.63. The van der Waals surface area contributed by atoms with Gasteiger partial charge in [0.25, 0.3) is 0 Å². The molecule has 3 aromatic rings. The van der Waals surface area contributed by atoms with Crippen molar-refractivity contribution in [3.63, 3.8) is 0 Å². The standard InChI is InChI=1S/C18H18N6/c1-2-4-13(5-3-1)17-19-9-8-15(20-17)23-10-11-24-16(12-23)21-22-18(24)14-6-7-14/h1-5,8-9,14H,6-7,10-12H2. The first-order valence-electron chi connectivity index (χ1n) is 8.44. The molecule has 0 saturated heterocycles. The molecule has 6 nitrogen and oxygen atoms in total. The highest BCUT2D eigenvalue weighted by atomic mass is 15.4. The van der Waals surface area contributed by atoms with E-state index in [1.807, 2.05) is 42.6 Å². The van der Waals surface area contributed by atoms with Crippen molar-refractivity contribution in [3.05, 3.63) is 54.2 Å². The molecule has 1 saturated carbocycles. The average Bonchev–Trinajstić information content (AvgIpc) is 3.41. The molecular formula is C18H18N6. The first-order chi connectivity index (χ1) is 11.9. The summed E-state index contributed by atoms with van der Waals surface area (Å²) in [4.78, 5) is 11.4. The number of hydrogen-bond donors (Lipinski definition) is 0.